The molecule has 0 saturated carbocycles. The van der Waals surface area contributed by atoms with Crippen LogP contribution < -0.4 is 5.32 Å². The van der Waals surface area contributed by atoms with Crippen molar-refractivity contribution in [3.63, 3.8) is 0 Å². The van der Waals surface area contributed by atoms with E-state index in [4.69, 9.17) is 4.74 Å². The Hall–Kier alpha value is -1.10. The number of hydrogen-bond donors (Lipinski definition) is 1. The van der Waals surface area contributed by atoms with Crippen molar-refractivity contribution in [1.29, 1.82) is 0 Å². The summed E-state index contributed by atoms with van der Waals surface area (Å²) in [5, 5.41) is 3.49. The third kappa shape index (κ3) is 4.95. The van der Waals surface area contributed by atoms with Crippen LogP contribution in [0.1, 0.15) is 17.2 Å². The second-order valence-corrected chi connectivity index (χ2v) is 5.78. The van der Waals surface area contributed by atoms with Crippen LogP contribution in [-0.4, -0.2) is 44.3 Å². The molecule has 0 bridgehead atoms. The number of ether oxygens (including phenoxy) is 1. The third-order valence-corrected chi connectivity index (χ3v) is 4.32. The van der Waals surface area contributed by atoms with Gasteiger partial charge in [0, 0.05) is 32.8 Å². The fraction of sp³-hybridized carbons (Fsp3) is 0.368. The smallest absolute Gasteiger partial charge is 0.0630 e. The van der Waals surface area contributed by atoms with Crippen molar-refractivity contribution in [3.8, 4) is 0 Å². The highest BCUT2D eigenvalue weighted by Crippen LogP contribution is 2.30. The maximum atomic E-state index is 5.45. The van der Waals surface area contributed by atoms with Gasteiger partial charge < -0.3 is 10.1 Å². The molecule has 1 aliphatic heterocycles. The summed E-state index contributed by atoms with van der Waals surface area (Å²) >= 11 is 0. The van der Waals surface area contributed by atoms with Crippen molar-refractivity contribution in [2.75, 3.05) is 33.4 Å². The Morgan fingerprint density at radius 3 is 2.04 bits per heavy atom. The molecule has 2 aromatic rings. The standard InChI is InChI=1S/C19H24N2O.2ClH/c1-22-15-18-14-20-12-13-21(18)19(16-8-4-2-5-9-16)17-10-6-3-7-11-17;;/h2-11,18-20H,12-15H2,1H3;2*1H/t18-;;/m1../s1. The molecule has 0 aromatic heterocycles. The van der Waals surface area contributed by atoms with Gasteiger partial charge in [0.05, 0.1) is 12.6 Å². The van der Waals surface area contributed by atoms with Crippen LogP contribution in [0.15, 0.2) is 60.7 Å². The maximum Gasteiger partial charge on any atom is 0.0630 e. The monoisotopic (exact) mass is 368 g/mol. The minimum atomic E-state index is 0. The normalized spacial score (nSPS) is 17.8. The molecule has 24 heavy (non-hydrogen) atoms. The van der Waals surface area contributed by atoms with Gasteiger partial charge in [-0.2, -0.15) is 0 Å². The van der Waals surface area contributed by atoms with Gasteiger partial charge in [-0.05, 0) is 11.1 Å². The van der Waals surface area contributed by atoms with E-state index in [0.717, 1.165) is 26.2 Å². The number of piperazine rings is 1. The lowest BCUT2D eigenvalue weighted by molar-refractivity contribution is 0.0543. The highest BCUT2D eigenvalue weighted by atomic mass is 35.5. The van der Waals surface area contributed by atoms with Gasteiger partial charge in [0.2, 0.25) is 0 Å². The molecule has 1 N–H and O–H groups in total. The Labute approximate surface area is 157 Å². The maximum absolute atomic E-state index is 5.45. The molecule has 0 amide bonds. The van der Waals surface area contributed by atoms with E-state index in [0.29, 0.717) is 6.04 Å². The van der Waals surface area contributed by atoms with Gasteiger partial charge in [-0.3, -0.25) is 4.90 Å². The molecular weight excluding hydrogens is 343 g/mol. The van der Waals surface area contributed by atoms with Gasteiger partial charge in [0.1, 0.15) is 0 Å². The predicted octanol–water partition coefficient (Wildman–Crippen LogP) is 3.54. The molecule has 1 heterocycles. The Morgan fingerprint density at radius 1 is 1.00 bits per heavy atom. The zero-order valence-corrected chi connectivity index (χ0v) is 15.6. The van der Waals surface area contributed by atoms with Crippen molar-refractivity contribution < 1.29 is 4.74 Å². The number of halogens is 2. The summed E-state index contributed by atoms with van der Waals surface area (Å²) in [5.41, 5.74) is 2.69. The molecule has 0 radical (unpaired) electrons. The second kappa shape index (κ2) is 10.7. The molecule has 132 valence electrons. The topological polar surface area (TPSA) is 24.5 Å². The van der Waals surface area contributed by atoms with Crippen LogP contribution in [0.25, 0.3) is 0 Å². The summed E-state index contributed by atoms with van der Waals surface area (Å²) in [4.78, 5) is 2.57. The molecular formula is C19H26Cl2N2O. The van der Waals surface area contributed by atoms with Crippen molar-refractivity contribution in [2.24, 2.45) is 0 Å². The zero-order chi connectivity index (χ0) is 15.2. The Morgan fingerprint density at radius 2 is 1.54 bits per heavy atom. The van der Waals surface area contributed by atoms with Crippen LogP contribution in [0.4, 0.5) is 0 Å². The van der Waals surface area contributed by atoms with Crippen molar-refractivity contribution in [1.82, 2.24) is 10.2 Å². The SMILES string of the molecule is COC[C@H]1CNCCN1C(c1ccccc1)c1ccccc1.Cl.Cl. The van der Waals surface area contributed by atoms with Gasteiger partial charge in [-0.25, -0.2) is 0 Å². The summed E-state index contributed by atoms with van der Waals surface area (Å²) in [7, 11) is 1.78. The molecule has 3 nitrogen and oxygen atoms in total. The fourth-order valence-electron chi connectivity index (χ4n) is 3.31. The highest BCUT2D eigenvalue weighted by Gasteiger charge is 2.30. The molecule has 5 heteroatoms. The first kappa shape index (κ1) is 20.9. The van der Waals surface area contributed by atoms with Crippen LogP contribution in [0.3, 0.4) is 0 Å². The summed E-state index contributed by atoms with van der Waals surface area (Å²) < 4.78 is 5.45. The molecule has 1 saturated heterocycles. The van der Waals surface area contributed by atoms with E-state index in [2.05, 4.69) is 70.9 Å². The van der Waals surface area contributed by atoms with Gasteiger partial charge >= 0.3 is 0 Å². The van der Waals surface area contributed by atoms with Crippen molar-refractivity contribution in [2.45, 2.75) is 12.1 Å². The van der Waals surface area contributed by atoms with Crippen LogP contribution in [0, 0.1) is 0 Å². The first-order valence-electron chi connectivity index (χ1n) is 7.95. The predicted molar refractivity (Wildman–Crippen MR) is 104 cm³/mol. The summed E-state index contributed by atoms with van der Waals surface area (Å²) in [5.74, 6) is 0. The zero-order valence-electron chi connectivity index (χ0n) is 13.9. The van der Waals surface area contributed by atoms with E-state index in [9.17, 15) is 0 Å². The van der Waals surface area contributed by atoms with E-state index in [1.54, 1.807) is 7.11 Å². The van der Waals surface area contributed by atoms with Crippen LogP contribution >= 0.6 is 24.8 Å². The Balaban J connectivity index is 0.00000144. The largest absolute Gasteiger partial charge is 0.383 e. The number of methoxy groups -OCH3 is 1. The Bertz CT molecular complexity index is 527. The van der Waals surface area contributed by atoms with Gasteiger partial charge in [-0.15, -0.1) is 24.8 Å². The van der Waals surface area contributed by atoms with E-state index in [1.165, 1.54) is 11.1 Å². The molecule has 1 aliphatic rings. The second-order valence-electron chi connectivity index (χ2n) is 5.78. The molecule has 3 rings (SSSR count). The van der Waals surface area contributed by atoms with Gasteiger partial charge in [0.15, 0.2) is 0 Å². The number of nitrogens with zero attached hydrogens (tertiary/aromatic N) is 1. The quantitative estimate of drug-likeness (QED) is 0.873. The average molecular weight is 369 g/mol. The molecule has 1 fully saturated rings. The molecule has 0 aliphatic carbocycles. The summed E-state index contributed by atoms with van der Waals surface area (Å²) in [6.45, 7) is 3.78. The molecule has 2 aromatic carbocycles. The minimum absolute atomic E-state index is 0. The van der Waals surface area contributed by atoms with Crippen LogP contribution in [0.2, 0.25) is 0 Å². The number of hydrogen-bond acceptors (Lipinski definition) is 3. The number of rotatable bonds is 5. The van der Waals surface area contributed by atoms with E-state index < -0.39 is 0 Å². The van der Waals surface area contributed by atoms with Crippen LogP contribution in [-0.2, 0) is 4.74 Å². The van der Waals surface area contributed by atoms with Crippen molar-refractivity contribution in [3.05, 3.63) is 71.8 Å². The highest BCUT2D eigenvalue weighted by molar-refractivity contribution is 5.85. The van der Waals surface area contributed by atoms with Crippen molar-refractivity contribution >= 4 is 24.8 Å². The molecule has 0 spiro atoms. The van der Waals surface area contributed by atoms with E-state index in [1.807, 2.05) is 0 Å². The third-order valence-electron chi connectivity index (χ3n) is 4.32. The van der Waals surface area contributed by atoms with Gasteiger partial charge in [-0.1, -0.05) is 60.7 Å². The summed E-state index contributed by atoms with van der Waals surface area (Å²) in [6.07, 6.45) is 0. The lowest BCUT2D eigenvalue weighted by atomic mass is 9.95. The van der Waals surface area contributed by atoms with E-state index >= 15 is 0 Å². The fourth-order valence-corrected chi connectivity index (χ4v) is 3.31. The lowest BCUT2D eigenvalue weighted by Gasteiger charge is -2.41. The average Bonchev–Trinajstić information content (AvgIpc) is 2.59. The first-order chi connectivity index (χ1) is 10.9. The Kier molecular flexibility index (Phi) is 9.34. The molecule has 0 unspecified atom stereocenters. The first-order valence-corrected chi connectivity index (χ1v) is 7.95. The molecule has 1 atom stereocenters. The lowest BCUT2D eigenvalue weighted by Crippen LogP contribution is -2.54. The van der Waals surface area contributed by atoms with Crippen LogP contribution in [0.5, 0.6) is 0 Å². The number of nitrogens with one attached hydrogen (secondary N) is 1. The minimum Gasteiger partial charge on any atom is -0.383 e. The number of benzene rings is 2. The van der Waals surface area contributed by atoms with Gasteiger partial charge in [0.25, 0.3) is 0 Å². The summed E-state index contributed by atoms with van der Waals surface area (Å²) in [6, 6.07) is 22.2. The van der Waals surface area contributed by atoms with E-state index in [-0.39, 0.29) is 30.9 Å².